The molecule has 2 amide bonds. The molecule has 6 heteroatoms. The Morgan fingerprint density at radius 1 is 1.08 bits per heavy atom. The Hall–Kier alpha value is -1.82. The number of carbonyl (C=O) groups excluding carboxylic acids is 2. The summed E-state index contributed by atoms with van der Waals surface area (Å²) in [5.74, 6) is 1.03. The fourth-order valence-electron chi connectivity index (χ4n) is 3.99. The fourth-order valence-corrected chi connectivity index (χ4v) is 3.99. The van der Waals surface area contributed by atoms with Crippen LogP contribution in [-0.2, 0) is 16.1 Å². The topological polar surface area (TPSA) is 74.6 Å². The van der Waals surface area contributed by atoms with Crippen LogP contribution in [0.15, 0.2) is 22.8 Å². The molecule has 1 aliphatic carbocycles. The van der Waals surface area contributed by atoms with Crippen molar-refractivity contribution in [3.05, 3.63) is 24.2 Å². The molecule has 0 unspecified atom stereocenters. The van der Waals surface area contributed by atoms with E-state index in [-0.39, 0.29) is 17.7 Å². The highest BCUT2D eigenvalue weighted by Gasteiger charge is 2.26. The molecule has 1 saturated heterocycles. The summed E-state index contributed by atoms with van der Waals surface area (Å²) in [4.78, 5) is 26.7. The van der Waals surface area contributed by atoms with E-state index in [1.807, 2.05) is 12.1 Å². The summed E-state index contributed by atoms with van der Waals surface area (Å²) in [6.45, 7) is 2.50. The van der Waals surface area contributed by atoms with Crippen LogP contribution in [0.25, 0.3) is 0 Å². The lowest BCUT2D eigenvalue weighted by Crippen LogP contribution is -2.46. The second kappa shape index (κ2) is 9.76. The largest absolute Gasteiger partial charge is 0.467 e. The van der Waals surface area contributed by atoms with Gasteiger partial charge in [-0.1, -0.05) is 25.7 Å². The third-order valence-corrected chi connectivity index (χ3v) is 5.56. The number of hydrogen-bond donors (Lipinski definition) is 2. The van der Waals surface area contributed by atoms with E-state index in [1.165, 1.54) is 25.7 Å². The van der Waals surface area contributed by atoms with Crippen molar-refractivity contribution in [1.29, 1.82) is 0 Å². The zero-order valence-electron chi connectivity index (χ0n) is 15.5. The van der Waals surface area contributed by atoms with Crippen LogP contribution < -0.4 is 10.6 Å². The maximum Gasteiger partial charge on any atom is 0.234 e. The molecule has 1 aromatic rings. The minimum absolute atomic E-state index is 0.0335. The van der Waals surface area contributed by atoms with E-state index in [1.54, 1.807) is 6.26 Å². The number of hydrogen-bond acceptors (Lipinski definition) is 4. The van der Waals surface area contributed by atoms with Crippen LogP contribution in [0.1, 0.15) is 57.1 Å². The molecule has 6 nitrogen and oxygen atoms in total. The first-order chi connectivity index (χ1) is 12.7. The highest BCUT2D eigenvalue weighted by molar-refractivity contribution is 5.79. The Morgan fingerprint density at radius 2 is 1.81 bits per heavy atom. The van der Waals surface area contributed by atoms with Crippen LogP contribution in [0.5, 0.6) is 0 Å². The number of nitrogens with one attached hydrogen (secondary N) is 2. The molecular formula is C20H31N3O3. The van der Waals surface area contributed by atoms with E-state index in [9.17, 15) is 9.59 Å². The zero-order chi connectivity index (χ0) is 18.2. The molecule has 1 aromatic heterocycles. The average molecular weight is 361 g/mol. The quantitative estimate of drug-likeness (QED) is 0.763. The summed E-state index contributed by atoms with van der Waals surface area (Å²) in [6.07, 6.45) is 10.5. The SMILES string of the molecule is O=C(CN1CCC(C(=O)NCc2ccco2)CC1)NC1CCCCCC1. The van der Waals surface area contributed by atoms with Crippen molar-refractivity contribution in [2.75, 3.05) is 19.6 Å². The maximum atomic E-state index is 12.3. The predicted octanol–water partition coefficient (Wildman–Crippen LogP) is 2.45. The normalized spacial score (nSPS) is 20.5. The summed E-state index contributed by atoms with van der Waals surface area (Å²) in [7, 11) is 0. The number of nitrogens with zero attached hydrogens (tertiary/aromatic N) is 1. The summed E-state index contributed by atoms with van der Waals surface area (Å²) >= 11 is 0. The first-order valence-corrected chi connectivity index (χ1v) is 10.0. The van der Waals surface area contributed by atoms with Crippen molar-refractivity contribution in [2.24, 2.45) is 5.92 Å². The molecule has 1 saturated carbocycles. The summed E-state index contributed by atoms with van der Waals surface area (Å²) < 4.78 is 5.23. The summed E-state index contributed by atoms with van der Waals surface area (Å²) in [6, 6.07) is 4.03. The van der Waals surface area contributed by atoms with Crippen molar-refractivity contribution in [1.82, 2.24) is 15.5 Å². The molecule has 1 aliphatic heterocycles. The minimum atomic E-state index is 0.0335. The van der Waals surface area contributed by atoms with Crippen LogP contribution >= 0.6 is 0 Å². The molecule has 2 heterocycles. The smallest absolute Gasteiger partial charge is 0.234 e. The number of amides is 2. The molecule has 0 spiro atoms. The molecular weight excluding hydrogens is 330 g/mol. The van der Waals surface area contributed by atoms with E-state index in [4.69, 9.17) is 4.42 Å². The van der Waals surface area contributed by atoms with Crippen LogP contribution in [-0.4, -0.2) is 42.4 Å². The number of furan rings is 1. The second-order valence-electron chi connectivity index (χ2n) is 7.60. The number of likely N-dealkylation sites (tertiary alicyclic amines) is 1. The van der Waals surface area contributed by atoms with Gasteiger partial charge < -0.3 is 15.1 Å². The summed E-state index contributed by atoms with van der Waals surface area (Å²) in [5.41, 5.74) is 0. The second-order valence-corrected chi connectivity index (χ2v) is 7.60. The van der Waals surface area contributed by atoms with E-state index < -0.39 is 0 Å². The number of rotatable bonds is 6. The molecule has 26 heavy (non-hydrogen) atoms. The Kier molecular flexibility index (Phi) is 7.12. The molecule has 144 valence electrons. The van der Waals surface area contributed by atoms with E-state index in [0.29, 0.717) is 19.1 Å². The van der Waals surface area contributed by atoms with Gasteiger partial charge in [-0.3, -0.25) is 14.5 Å². The highest BCUT2D eigenvalue weighted by Crippen LogP contribution is 2.19. The fraction of sp³-hybridized carbons (Fsp3) is 0.700. The average Bonchev–Trinajstić information content (AvgIpc) is 3.04. The van der Waals surface area contributed by atoms with Gasteiger partial charge in [0.25, 0.3) is 0 Å². The van der Waals surface area contributed by atoms with Gasteiger partial charge >= 0.3 is 0 Å². The maximum absolute atomic E-state index is 12.3. The Labute approximate surface area is 155 Å². The van der Waals surface area contributed by atoms with Crippen molar-refractivity contribution in [2.45, 2.75) is 64.0 Å². The van der Waals surface area contributed by atoms with Crippen molar-refractivity contribution >= 4 is 11.8 Å². The van der Waals surface area contributed by atoms with Gasteiger partial charge in [-0.05, 0) is 50.9 Å². The highest BCUT2D eigenvalue weighted by atomic mass is 16.3. The Bertz CT molecular complexity index is 557. The first-order valence-electron chi connectivity index (χ1n) is 10.0. The van der Waals surface area contributed by atoms with Crippen LogP contribution in [0.4, 0.5) is 0 Å². The van der Waals surface area contributed by atoms with Crippen LogP contribution in [0, 0.1) is 5.92 Å². The van der Waals surface area contributed by atoms with Crippen LogP contribution in [0.3, 0.4) is 0 Å². The molecule has 0 radical (unpaired) electrons. The van der Waals surface area contributed by atoms with E-state index in [0.717, 1.165) is 44.5 Å². The van der Waals surface area contributed by atoms with E-state index in [2.05, 4.69) is 15.5 Å². The van der Waals surface area contributed by atoms with Crippen molar-refractivity contribution < 1.29 is 14.0 Å². The van der Waals surface area contributed by atoms with Gasteiger partial charge in [-0.15, -0.1) is 0 Å². The van der Waals surface area contributed by atoms with Gasteiger partial charge in [0.1, 0.15) is 5.76 Å². The monoisotopic (exact) mass is 361 g/mol. The third-order valence-electron chi connectivity index (χ3n) is 5.56. The molecule has 0 aromatic carbocycles. The lowest BCUT2D eigenvalue weighted by Gasteiger charge is -2.31. The zero-order valence-corrected chi connectivity index (χ0v) is 15.5. The lowest BCUT2D eigenvalue weighted by atomic mass is 9.96. The van der Waals surface area contributed by atoms with Gasteiger partial charge in [-0.25, -0.2) is 0 Å². The molecule has 2 aliphatic rings. The Morgan fingerprint density at radius 3 is 2.46 bits per heavy atom. The van der Waals surface area contributed by atoms with E-state index >= 15 is 0 Å². The first kappa shape index (κ1) is 19.0. The van der Waals surface area contributed by atoms with Gasteiger partial charge in [0.2, 0.25) is 11.8 Å². The van der Waals surface area contributed by atoms with Crippen LogP contribution in [0.2, 0.25) is 0 Å². The molecule has 2 N–H and O–H groups in total. The molecule has 0 bridgehead atoms. The predicted molar refractivity (Wildman–Crippen MR) is 99.4 cm³/mol. The number of carbonyl (C=O) groups is 2. The molecule has 3 rings (SSSR count). The standard InChI is InChI=1S/C20H31N3O3/c24-19(22-17-6-3-1-2-4-7-17)15-23-11-9-16(10-12-23)20(25)21-14-18-8-5-13-26-18/h5,8,13,16-17H,1-4,6-7,9-12,14-15H2,(H,21,25)(H,22,24). The molecule has 0 atom stereocenters. The van der Waals surface area contributed by atoms with Crippen molar-refractivity contribution in [3.63, 3.8) is 0 Å². The van der Waals surface area contributed by atoms with Gasteiger partial charge in [0.05, 0.1) is 19.4 Å². The Balaban J connectivity index is 1.33. The molecule has 2 fully saturated rings. The van der Waals surface area contributed by atoms with Crippen molar-refractivity contribution in [3.8, 4) is 0 Å². The lowest BCUT2D eigenvalue weighted by molar-refractivity contribution is -0.127. The third kappa shape index (κ3) is 5.87. The number of piperidine rings is 1. The van der Waals surface area contributed by atoms with Gasteiger partial charge in [-0.2, -0.15) is 0 Å². The van der Waals surface area contributed by atoms with Gasteiger partial charge in [0.15, 0.2) is 0 Å². The van der Waals surface area contributed by atoms with Gasteiger partial charge in [0, 0.05) is 12.0 Å². The summed E-state index contributed by atoms with van der Waals surface area (Å²) in [5, 5.41) is 6.15. The minimum Gasteiger partial charge on any atom is -0.467 e.